The van der Waals surface area contributed by atoms with Gasteiger partial charge in [-0.1, -0.05) is 23.7 Å². The average Bonchev–Trinajstić information content (AvgIpc) is 2.52. The molecule has 0 saturated heterocycles. The van der Waals surface area contributed by atoms with Gasteiger partial charge in [-0.25, -0.2) is 0 Å². The summed E-state index contributed by atoms with van der Waals surface area (Å²) in [6.07, 6.45) is 1.55. The minimum absolute atomic E-state index is 0.232. The Hall–Kier alpha value is -2.40. The third-order valence-electron chi connectivity index (χ3n) is 2.68. The molecule has 0 aliphatic rings. The summed E-state index contributed by atoms with van der Waals surface area (Å²) >= 11 is 5.82. The molecule has 0 bridgehead atoms. The van der Waals surface area contributed by atoms with Crippen molar-refractivity contribution in [3.63, 3.8) is 0 Å². The average molecular weight is 304 g/mol. The van der Waals surface area contributed by atoms with E-state index in [-0.39, 0.29) is 11.8 Å². The molecule has 2 amide bonds. The van der Waals surface area contributed by atoms with Crippen LogP contribution >= 0.6 is 11.6 Å². The molecular weight excluding hydrogens is 290 g/mol. The second kappa shape index (κ2) is 7.40. The number of aromatic nitrogens is 1. The predicted octanol–water partition coefficient (Wildman–Crippen LogP) is 1.89. The van der Waals surface area contributed by atoms with Gasteiger partial charge >= 0.3 is 0 Å². The Kier molecular flexibility index (Phi) is 5.29. The second-order valence-corrected chi connectivity index (χ2v) is 4.67. The standard InChI is InChI=1S/C15H14ClN3O2/c16-12-5-3-4-11(10-12)14(20)18-8-9-19-15(21)13-6-1-2-7-17-13/h1-7,10H,8-9H2,(H,18,20)(H,19,21). The second-order valence-electron chi connectivity index (χ2n) is 4.24. The van der Waals surface area contributed by atoms with Gasteiger partial charge in [0.25, 0.3) is 11.8 Å². The van der Waals surface area contributed by atoms with Crippen molar-refractivity contribution in [1.82, 2.24) is 15.6 Å². The Morgan fingerprint density at radius 2 is 1.76 bits per heavy atom. The van der Waals surface area contributed by atoms with Gasteiger partial charge in [0.15, 0.2) is 0 Å². The molecule has 108 valence electrons. The van der Waals surface area contributed by atoms with E-state index in [0.717, 1.165) is 0 Å². The van der Waals surface area contributed by atoms with Gasteiger partial charge < -0.3 is 10.6 Å². The normalized spacial score (nSPS) is 9.95. The summed E-state index contributed by atoms with van der Waals surface area (Å²) in [5.41, 5.74) is 0.831. The Morgan fingerprint density at radius 1 is 1.00 bits per heavy atom. The molecule has 1 heterocycles. The summed E-state index contributed by atoms with van der Waals surface area (Å²) in [4.78, 5) is 27.5. The van der Waals surface area contributed by atoms with E-state index in [0.29, 0.717) is 29.4 Å². The van der Waals surface area contributed by atoms with Gasteiger partial charge in [-0.2, -0.15) is 0 Å². The molecule has 2 aromatic rings. The molecule has 0 atom stereocenters. The lowest BCUT2D eigenvalue weighted by Crippen LogP contribution is -2.34. The molecular formula is C15H14ClN3O2. The number of rotatable bonds is 5. The quantitative estimate of drug-likeness (QED) is 0.829. The maximum atomic E-state index is 11.8. The Morgan fingerprint density at radius 3 is 2.43 bits per heavy atom. The number of nitrogens with zero attached hydrogens (tertiary/aromatic N) is 1. The highest BCUT2D eigenvalue weighted by atomic mass is 35.5. The zero-order valence-electron chi connectivity index (χ0n) is 11.2. The van der Waals surface area contributed by atoms with Crippen LogP contribution in [0.5, 0.6) is 0 Å². The van der Waals surface area contributed by atoms with Crippen LogP contribution in [0.2, 0.25) is 5.02 Å². The molecule has 0 saturated carbocycles. The summed E-state index contributed by atoms with van der Waals surface area (Å²) in [5, 5.41) is 5.88. The van der Waals surface area contributed by atoms with E-state index in [1.165, 1.54) is 0 Å². The van der Waals surface area contributed by atoms with Crippen LogP contribution in [0.3, 0.4) is 0 Å². The largest absolute Gasteiger partial charge is 0.350 e. The van der Waals surface area contributed by atoms with Gasteiger partial charge in [-0.3, -0.25) is 14.6 Å². The molecule has 0 unspecified atom stereocenters. The van der Waals surface area contributed by atoms with Crippen molar-refractivity contribution in [2.75, 3.05) is 13.1 Å². The van der Waals surface area contributed by atoms with Crippen molar-refractivity contribution in [1.29, 1.82) is 0 Å². The first-order chi connectivity index (χ1) is 10.2. The van der Waals surface area contributed by atoms with E-state index >= 15 is 0 Å². The monoisotopic (exact) mass is 303 g/mol. The summed E-state index contributed by atoms with van der Waals surface area (Å²) in [7, 11) is 0. The third kappa shape index (κ3) is 4.57. The molecule has 5 nitrogen and oxygen atoms in total. The fourth-order valence-corrected chi connectivity index (χ4v) is 1.86. The van der Waals surface area contributed by atoms with E-state index in [9.17, 15) is 9.59 Å². The number of carbonyl (C=O) groups is 2. The van der Waals surface area contributed by atoms with Crippen molar-refractivity contribution in [3.05, 3.63) is 64.9 Å². The molecule has 2 rings (SSSR count). The fraction of sp³-hybridized carbons (Fsp3) is 0.133. The molecule has 0 fully saturated rings. The van der Waals surface area contributed by atoms with Gasteiger partial charge in [0.1, 0.15) is 5.69 Å². The fourth-order valence-electron chi connectivity index (χ4n) is 1.67. The number of amides is 2. The number of pyridine rings is 1. The summed E-state index contributed by atoms with van der Waals surface area (Å²) in [6.45, 7) is 0.644. The van der Waals surface area contributed by atoms with Gasteiger partial charge in [0.05, 0.1) is 0 Å². The molecule has 0 spiro atoms. The molecule has 1 aromatic heterocycles. The van der Waals surface area contributed by atoms with Crippen molar-refractivity contribution >= 4 is 23.4 Å². The van der Waals surface area contributed by atoms with E-state index in [1.807, 2.05) is 0 Å². The van der Waals surface area contributed by atoms with Gasteiger partial charge in [0.2, 0.25) is 0 Å². The number of hydrogen-bond acceptors (Lipinski definition) is 3. The minimum Gasteiger partial charge on any atom is -0.350 e. The Balaban J connectivity index is 1.75. The number of hydrogen-bond donors (Lipinski definition) is 2. The van der Waals surface area contributed by atoms with Crippen LogP contribution in [0.4, 0.5) is 0 Å². The lowest BCUT2D eigenvalue weighted by atomic mass is 10.2. The third-order valence-corrected chi connectivity index (χ3v) is 2.92. The van der Waals surface area contributed by atoms with Crippen molar-refractivity contribution in [2.24, 2.45) is 0 Å². The Labute approximate surface area is 127 Å². The van der Waals surface area contributed by atoms with Gasteiger partial charge in [0, 0.05) is 29.9 Å². The van der Waals surface area contributed by atoms with E-state index in [2.05, 4.69) is 15.6 Å². The SMILES string of the molecule is O=C(NCCNC(=O)c1ccccn1)c1cccc(Cl)c1. The highest BCUT2D eigenvalue weighted by molar-refractivity contribution is 6.30. The van der Waals surface area contributed by atoms with E-state index in [4.69, 9.17) is 11.6 Å². The van der Waals surface area contributed by atoms with Crippen LogP contribution < -0.4 is 10.6 Å². The smallest absolute Gasteiger partial charge is 0.269 e. The van der Waals surface area contributed by atoms with Crippen LogP contribution in [0, 0.1) is 0 Å². The number of halogens is 1. The summed E-state index contributed by atoms with van der Waals surface area (Å²) < 4.78 is 0. The zero-order valence-corrected chi connectivity index (χ0v) is 11.9. The van der Waals surface area contributed by atoms with Crippen LogP contribution in [0.1, 0.15) is 20.8 Å². The van der Waals surface area contributed by atoms with Gasteiger partial charge in [-0.15, -0.1) is 0 Å². The van der Waals surface area contributed by atoms with E-state index < -0.39 is 0 Å². The van der Waals surface area contributed by atoms with E-state index in [1.54, 1.807) is 48.7 Å². The first-order valence-corrected chi connectivity index (χ1v) is 6.77. The highest BCUT2D eigenvalue weighted by Gasteiger charge is 2.07. The number of nitrogens with one attached hydrogen (secondary N) is 2. The van der Waals surface area contributed by atoms with Crippen molar-refractivity contribution < 1.29 is 9.59 Å². The van der Waals surface area contributed by atoms with Crippen LogP contribution in [0.25, 0.3) is 0 Å². The predicted molar refractivity (Wildman–Crippen MR) is 80.4 cm³/mol. The Bertz CT molecular complexity index is 632. The van der Waals surface area contributed by atoms with Gasteiger partial charge in [-0.05, 0) is 30.3 Å². The maximum absolute atomic E-state index is 11.8. The van der Waals surface area contributed by atoms with Crippen molar-refractivity contribution in [3.8, 4) is 0 Å². The first kappa shape index (κ1) is 15.0. The topological polar surface area (TPSA) is 71.1 Å². The lowest BCUT2D eigenvalue weighted by molar-refractivity contribution is 0.0925. The zero-order chi connectivity index (χ0) is 15.1. The minimum atomic E-state index is -0.271. The highest BCUT2D eigenvalue weighted by Crippen LogP contribution is 2.10. The molecule has 2 N–H and O–H groups in total. The number of benzene rings is 1. The number of carbonyl (C=O) groups excluding carboxylic acids is 2. The summed E-state index contributed by atoms with van der Waals surface area (Å²) in [5.74, 6) is -0.503. The molecule has 21 heavy (non-hydrogen) atoms. The molecule has 0 radical (unpaired) electrons. The van der Waals surface area contributed by atoms with Crippen LogP contribution in [0.15, 0.2) is 48.7 Å². The molecule has 0 aliphatic heterocycles. The van der Waals surface area contributed by atoms with Crippen molar-refractivity contribution in [2.45, 2.75) is 0 Å². The molecule has 6 heteroatoms. The molecule has 1 aromatic carbocycles. The lowest BCUT2D eigenvalue weighted by Gasteiger charge is -2.07. The maximum Gasteiger partial charge on any atom is 0.269 e. The van der Waals surface area contributed by atoms with Crippen LogP contribution in [-0.4, -0.2) is 29.9 Å². The first-order valence-electron chi connectivity index (χ1n) is 6.40. The van der Waals surface area contributed by atoms with Crippen LogP contribution in [-0.2, 0) is 0 Å². The summed E-state index contributed by atoms with van der Waals surface area (Å²) in [6, 6.07) is 11.8. The molecule has 0 aliphatic carbocycles.